The van der Waals surface area contributed by atoms with Gasteiger partial charge in [-0.1, -0.05) is 6.42 Å². The lowest BCUT2D eigenvalue weighted by Gasteiger charge is -2.28. The Balaban J connectivity index is 2.08. The molecule has 0 bridgehead atoms. The standard InChI is InChI=1S/C11H20N2S/c1-14-11-6-4-5-10(9-11)13-8-3-2-7-12/h10-11,13H,2-6,8-9H2,1H3. The van der Waals surface area contributed by atoms with E-state index < -0.39 is 0 Å². The first-order valence-electron chi connectivity index (χ1n) is 5.50. The van der Waals surface area contributed by atoms with Gasteiger partial charge < -0.3 is 5.32 Å². The van der Waals surface area contributed by atoms with Gasteiger partial charge in [0, 0.05) is 17.7 Å². The van der Waals surface area contributed by atoms with E-state index in [-0.39, 0.29) is 0 Å². The normalized spacial score (nSPS) is 27.1. The van der Waals surface area contributed by atoms with Crippen molar-refractivity contribution < 1.29 is 0 Å². The molecule has 2 nitrogen and oxygen atoms in total. The Morgan fingerprint density at radius 3 is 3.07 bits per heavy atom. The van der Waals surface area contributed by atoms with Crippen molar-refractivity contribution in [3.63, 3.8) is 0 Å². The number of hydrogen-bond acceptors (Lipinski definition) is 3. The molecule has 1 aliphatic carbocycles. The molecule has 0 aromatic carbocycles. The van der Waals surface area contributed by atoms with Crippen molar-refractivity contribution in [2.75, 3.05) is 12.8 Å². The van der Waals surface area contributed by atoms with Crippen LogP contribution in [0.15, 0.2) is 0 Å². The first-order chi connectivity index (χ1) is 6.86. The van der Waals surface area contributed by atoms with Crippen LogP contribution in [0.5, 0.6) is 0 Å². The van der Waals surface area contributed by atoms with Crippen LogP contribution in [-0.2, 0) is 0 Å². The molecular weight excluding hydrogens is 192 g/mol. The monoisotopic (exact) mass is 212 g/mol. The molecule has 1 saturated carbocycles. The minimum atomic E-state index is 0.686. The lowest BCUT2D eigenvalue weighted by molar-refractivity contribution is 0.380. The quantitative estimate of drug-likeness (QED) is 0.711. The molecule has 0 amide bonds. The molecule has 2 atom stereocenters. The van der Waals surface area contributed by atoms with Crippen LogP contribution in [0.4, 0.5) is 0 Å². The van der Waals surface area contributed by atoms with Gasteiger partial charge in [-0.15, -0.1) is 0 Å². The largest absolute Gasteiger partial charge is 0.314 e. The molecule has 0 aliphatic heterocycles. The van der Waals surface area contributed by atoms with Crippen molar-refractivity contribution in [2.45, 2.75) is 49.8 Å². The average molecular weight is 212 g/mol. The summed E-state index contributed by atoms with van der Waals surface area (Å²) < 4.78 is 0. The highest BCUT2D eigenvalue weighted by molar-refractivity contribution is 7.99. The number of nitrogens with zero attached hydrogens (tertiary/aromatic N) is 1. The lowest BCUT2D eigenvalue weighted by Crippen LogP contribution is -2.35. The van der Waals surface area contributed by atoms with Gasteiger partial charge in [-0.05, 0) is 38.5 Å². The molecule has 80 valence electrons. The molecule has 0 spiro atoms. The third-order valence-corrected chi connectivity index (χ3v) is 3.95. The van der Waals surface area contributed by atoms with Crippen molar-refractivity contribution in [3.05, 3.63) is 0 Å². The zero-order valence-electron chi connectivity index (χ0n) is 8.96. The zero-order chi connectivity index (χ0) is 10.2. The second-order valence-electron chi connectivity index (χ2n) is 3.94. The highest BCUT2D eigenvalue weighted by Gasteiger charge is 2.20. The number of nitriles is 1. The summed E-state index contributed by atoms with van der Waals surface area (Å²) in [6.45, 7) is 1.01. The fourth-order valence-corrected chi connectivity index (χ4v) is 2.85. The van der Waals surface area contributed by atoms with Gasteiger partial charge in [0.15, 0.2) is 0 Å². The summed E-state index contributed by atoms with van der Waals surface area (Å²) in [6.07, 6.45) is 9.28. The van der Waals surface area contributed by atoms with Gasteiger partial charge in [-0.3, -0.25) is 0 Å². The second-order valence-corrected chi connectivity index (χ2v) is 5.08. The van der Waals surface area contributed by atoms with E-state index in [1.54, 1.807) is 0 Å². The Labute approximate surface area is 91.4 Å². The van der Waals surface area contributed by atoms with E-state index in [1.807, 2.05) is 11.8 Å². The van der Waals surface area contributed by atoms with Gasteiger partial charge in [-0.25, -0.2) is 0 Å². The van der Waals surface area contributed by atoms with Crippen molar-refractivity contribution in [2.24, 2.45) is 0 Å². The van der Waals surface area contributed by atoms with E-state index in [0.717, 1.165) is 18.2 Å². The maximum Gasteiger partial charge on any atom is 0.0622 e. The predicted molar refractivity (Wildman–Crippen MR) is 62.4 cm³/mol. The van der Waals surface area contributed by atoms with Crippen LogP contribution in [0, 0.1) is 11.3 Å². The first-order valence-corrected chi connectivity index (χ1v) is 6.78. The summed E-state index contributed by atoms with van der Waals surface area (Å²) in [4.78, 5) is 0. The highest BCUT2D eigenvalue weighted by atomic mass is 32.2. The molecule has 1 rings (SSSR count). The summed E-state index contributed by atoms with van der Waals surface area (Å²) >= 11 is 2.00. The van der Waals surface area contributed by atoms with Crippen LogP contribution in [0.1, 0.15) is 38.5 Å². The van der Waals surface area contributed by atoms with Gasteiger partial charge in [0.1, 0.15) is 0 Å². The van der Waals surface area contributed by atoms with Crippen LogP contribution in [-0.4, -0.2) is 24.1 Å². The van der Waals surface area contributed by atoms with Crippen molar-refractivity contribution in [1.82, 2.24) is 5.32 Å². The summed E-state index contributed by atoms with van der Waals surface area (Å²) in [6, 6.07) is 2.89. The van der Waals surface area contributed by atoms with Crippen molar-refractivity contribution in [1.29, 1.82) is 5.26 Å². The number of rotatable bonds is 5. The molecule has 0 radical (unpaired) electrons. The fourth-order valence-electron chi connectivity index (χ4n) is 2.02. The third kappa shape index (κ3) is 4.34. The Morgan fingerprint density at radius 2 is 2.36 bits per heavy atom. The molecule has 1 aliphatic rings. The van der Waals surface area contributed by atoms with E-state index in [2.05, 4.69) is 17.6 Å². The van der Waals surface area contributed by atoms with E-state index in [0.29, 0.717) is 12.5 Å². The van der Waals surface area contributed by atoms with Gasteiger partial charge in [0.25, 0.3) is 0 Å². The zero-order valence-corrected chi connectivity index (χ0v) is 9.78. The van der Waals surface area contributed by atoms with Crippen LogP contribution in [0.25, 0.3) is 0 Å². The minimum Gasteiger partial charge on any atom is -0.314 e. The summed E-state index contributed by atoms with van der Waals surface area (Å²) in [5.74, 6) is 0. The maximum absolute atomic E-state index is 8.40. The van der Waals surface area contributed by atoms with E-state index in [1.165, 1.54) is 25.7 Å². The average Bonchev–Trinajstić information content (AvgIpc) is 2.25. The maximum atomic E-state index is 8.40. The Morgan fingerprint density at radius 1 is 1.50 bits per heavy atom. The first kappa shape index (κ1) is 11.9. The molecule has 14 heavy (non-hydrogen) atoms. The van der Waals surface area contributed by atoms with Crippen molar-refractivity contribution in [3.8, 4) is 6.07 Å². The highest BCUT2D eigenvalue weighted by Crippen LogP contribution is 2.26. The SMILES string of the molecule is CSC1CCCC(NCCCC#N)C1. The molecule has 1 fully saturated rings. The molecule has 1 N–H and O–H groups in total. The number of hydrogen-bond donors (Lipinski definition) is 1. The van der Waals surface area contributed by atoms with Gasteiger partial charge >= 0.3 is 0 Å². The molecular formula is C11H20N2S. The smallest absolute Gasteiger partial charge is 0.0622 e. The molecule has 0 saturated heterocycles. The molecule has 0 aromatic rings. The van der Waals surface area contributed by atoms with Gasteiger partial charge in [0.2, 0.25) is 0 Å². The lowest BCUT2D eigenvalue weighted by atomic mass is 9.95. The van der Waals surface area contributed by atoms with E-state index >= 15 is 0 Å². The van der Waals surface area contributed by atoms with E-state index in [9.17, 15) is 0 Å². The Hall–Kier alpha value is -0.200. The topological polar surface area (TPSA) is 35.8 Å². The summed E-state index contributed by atoms with van der Waals surface area (Å²) in [5.41, 5.74) is 0. The number of nitrogens with one attached hydrogen (secondary N) is 1. The van der Waals surface area contributed by atoms with Crippen molar-refractivity contribution >= 4 is 11.8 Å². The van der Waals surface area contributed by atoms with Gasteiger partial charge in [0.05, 0.1) is 6.07 Å². The van der Waals surface area contributed by atoms with Crippen LogP contribution >= 0.6 is 11.8 Å². The summed E-state index contributed by atoms with van der Waals surface area (Å²) in [5, 5.41) is 12.8. The third-order valence-electron chi connectivity index (χ3n) is 2.86. The van der Waals surface area contributed by atoms with Crippen LogP contribution in [0.3, 0.4) is 0 Å². The van der Waals surface area contributed by atoms with Crippen LogP contribution < -0.4 is 5.32 Å². The molecule has 3 heteroatoms. The van der Waals surface area contributed by atoms with Gasteiger partial charge in [-0.2, -0.15) is 17.0 Å². The number of unbranched alkanes of at least 4 members (excludes halogenated alkanes) is 1. The Kier molecular flexibility index (Phi) is 6.05. The summed E-state index contributed by atoms with van der Waals surface area (Å²) in [7, 11) is 0. The predicted octanol–water partition coefficient (Wildman–Crippen LogP) is 2.55. The van der Waals surface area contributed by atoms with E-state index in [4.69, 9.17) is 5.26 Å². The van der Waals surface area contributed by atoms with Crippen LogP contribution in [0.2, 0.25) is 0 Å². The molecule has 0 heterocycles. The minimum absolute atomic E-state index is 0.686. The number of thioether (sulfide) groups is 1. The second kappa shape index (κ2) is 7.14. The fraction of sp³-hybridized carbons (Fsp3) is 0.909. The molecule has 0 aromatic heterocycles. The Bertz CT molecular complexity index is 188. The molecule has 2 unspecified atom stereocenters.